The molecule has 6 nitrogen and oxygen atoms in total. The van der Waals surface area contributed by atoms with Crippen LogP contribution in [0.3, 0.4) is 0 Å². The molecule has 27 heavy (non-hydrogen) atoms. The van der Waals surface area contributed by atoms with Gasteiger partial charge in [0.1, 0.15) is 12.7 Å². The maximum atomic E-state index is 12.2. The van der Waals surface area contributed by atoms with Crippen LogP contribution in [0.1, 0.15) is 5.56 Å². The third-order valence-corrected chi connectivity index (χ3v) is 4.19. The third kappa shape index (κ3) is 4.35. The molecule has 0 bridgehead atoms. The van der Waals surface area contributed by atoms with Gasteiger partial charge in [-0.25, -0.2) is 4.98 Å². The summed E-state index contributed by atoms with van der Waals surface area (Å²) in [4.78, 5) is 16.3. The van der Waals surface area contributed by atoms with Gasteiger partial charge >= 0.3 is 0 Å². The minimum absolute atomic E-state index is 0.0280. The highest BCUT2D eigenvalue weighted by Gasteiger charge is 2.13. The minimum Gasteiger partial charge on any atom is -0.493 e. The lowest BCUT2D eigenvalue weighted by Crippen LogP contribution is -2.30. The monoisotopic (exact) mass is 366 g/mol. The van der Waals surface area contributed by atoms with Crippen molar-refractivity contribution < 1.29 is 14.6 Å². The van der Waals surface area contributed by atoms with E-state index in [9.17, 15) is 9.90 Å². The lowest BCUT2D eigenvalue weighted by Gasteiger charge is -2.17. The molecule has 3 rings (SSSR count). The third-order valence-electron chi connectivity index (χ3n) is 4.19. The zero-order chi connectivity index (χ0) is 19.2. The molecule has 3 aromatic rings. The Hall–Kier alpha value is -3.12. The fourth-order valence-corrected chi connectivity index (χ4v) is 2.88. The summed E-state index contributed by atoms with van der Waals surface area (Å²) in [6.45, 7) is 3.86. The van der Waals surface area contributed by atoms with Crippen LogP contribution in [0.15, 0.2) is 66.1 Å². The molecule has 0 amide bonds. The maximum absolute atomic E-state index is 12.2. The number of aliphatic hydroxyl groups excluding tert-OH is 1. The van der Waals surface area contributed by atoms with Crippen molar-refractivity contribution in [2.24, 2.45) is 0 Å². The largest absolute Gasteiger partial charge is 0.493 e. The molecule has 0 fully saturated rings. The van der Waals surface area contributed by atoms with Crippen LogP contribution in [0.5, 0.6) is 11.5 Å². The molecule has 0 saturated heterocycles. The molecule has 1 aromatic heterocycles. The van der Waals surface area contributed by atoms with Crippen LogP contribution >= 0.6 is 0 Å². The highest BCUT2D eigenvalue weighted by atomic mass is 16.5. The van der Waals surface area contributed by atoms with Crippen molar-refractivity contribution >= 4 is 11.0 Å². The fourth-order valence-electron chi connectivity index (χ4n) is 2.88. The molecule has 0 radical (unpaired) electrons. The van der Waals surface area contributed by atoms with Gasteiger partial charge in [-0.1, -0.05) is 24.3 Å². The van der Waals surface area contributed by atoms with Crippen molar-refractivity contribution in [3.8, 4) is 11.5 Å². The second-order valence-corrected chi connectivity index (χ2v) is 6.14. The second kappa shape index (κ2) is 8.51. The van der Waals surface area contributed by atoms with Gasteiger partial charge in [-0.3, -0.25) is 4.79 Å². The molecule has 1 atom stereocenters. The Morgan fingerprint density at radius 2 is 2.07 bits per heavy atom. The Morgan fingerprint density at radius 1 is 1.26 bits per heavy atom. The van der Waals surface area contributed by atoms with E-state index >= 15 is 0 Å². The number of para-hydroxylation sites is 2. The molecule has 0 saturated carbocycles. The average Bonchev–Trinajstić information content (AvgIpc) is 2.69. The van der Waals surface area contributed by atoms with E-state index < -0.39 is 6.10 Å². The Bertz CT molecular complexity index is 997. The summed E-state index contributed by atoms with van der Waals surface area (Å²) in [6, 6.07) is 12.9. The van der Waals surface area contributed by atoms with E-state index in [1.807, 2.05) is 36.4 Å². The number of rotatable bonds is 8. The van der Waals surface area contributed by atoms with Gasteiger partial charge in [0.25, 0.3) is 5.56 Å². The quantitative estimate of drug-likeness (QED) is 0.620. The molecule has 0 unspecified atom stereocenters. The summed E-state index contributed by atoms with van der Waals surface area (Å²) in [5.74, 6) is 1.13. The van der Waals surface area contributed by atoms with E-state index in [0.717, 1.165) is 12.0 Å². The summed E-state index contributed by atoms with van der Waals surface area (Å²) in [7, 11) is 1.57. The van der Waals surface area contributed by atoms with Crippen molar-refractivity contribution in [3.05, 3.63) is 77.2 Å². The summed E-state index contributed by atoms with van der Waals surface area (Å²) < 4.78 is 12.6. The van der Waals surface area contributed by atoms with E-state index in [1.165, 1.54) is 10.8 Å². The summed E-state index contributed by atoms with van der Waals surface area (Å²) in [6.07, 6.45) is 2.94. The number of benzene rings is 2. The van der Waals surface area contributed by atoms with Crippen LogP contribution in [-0.4, -0.2) is 34.5 Å². The predicted molar refractivity (Wildman–Crippen MR) is 104 cm³/mol. The van der Waals surface area contributed by atoms with Crippen molar-refractivity contribution in [1.29, 1.82) is 0 Å². The molecule has 140 valence electrons. The van der Waals surface area contributed by atoms with Gasteiger partial charge < -0.3 is 19.1 Å². The summed E-state index contributed by atoms with van der Waals surface area (Å²) in [5, 5.41) is 10.4. The average molecular weight is 366 g/mol. The van der Waals surface area contributed by atoms with Crippen molar-refractivity contribution in [3.63, 3.8) is 0 Å². The maximum Gasteiger partial charge on any atom is 0.269 e. The first-order chi connectivity index (χ1) is 13.1. The molecule has 0 aliphatic heterocycles. The zero-order valence-corrected chi connectivity index (χ0v) is 15.2. The molecule has 1 heterocycles. The molecule has 0 aliphatic rings. The standard InChI is InChI=1S/C21H22N2O4/c1-3-6-15-9-10-19(20(11-15)26-2)27-14-16(24)13-23-18-8-5-4-7-17(18)22-12-21(23)25/h3-5,7-12,16,24H,1,6,13-14H2,2H3/t16-/m0/s1. The molecular formula is C21H22N2O4. The predicted octanol–water partition coefficient (Wildman–Crippen LogP) is 2.57. The summed E-state index contributed by atoms with van der Waals surface area (Å²) in [5.41, 5.74) is 2.17. The number of hydrogen-bond acceptors (Lipinski definition) is 5. The van der Waals surface area contributed by atoms with Gasteiger partial charge in [-0.05, 0) is 36.2 Å². The number of fused-ring (bicyclic) bond motifs is 1. The second-order valence-electron chi connectivity index (χ2n) is 6.14. The Kier molecular flexibility index (Phi) is 5.88. The number of methoxy groups -OCH3 is 1. The number of ether oxygens (including phenoxy) is 2. The smallest absolute Gasteiger partial charge is 0.269 e. The van der Waals surface area contributed by atoms with E-state index in [-0.39, 0.29) is 18.7 Å². The number of nitrogens with zero attached hydrogens (tertiary/aromatic N) is 2. The first-order valence-electron chi connectivity index (χ1n) is 8.65. The highest BCUT2D eigenvalue weighted by Crippen LogP contribution is 2.28. The Labute approximate surface area is 157 Å². The van der Waals surface area contributed by atoms with Crippen LogP contribution in [0.25, 0.3) is 11.0 Å². The van der Waals surface area contributed by atoms with Crippen molar-refractivity contribution in [1.82, 2.24) is 9.55 Å². The van der Waals surface area contributed by atoms with Crippen LogP contribution in [0, 0.1) is 0 Å². The highest BCUT2D eigenvalue weighted by molar-refractivity contribution is 5.74. The molecule has 0 aliphatic carbocycles. The Morgan fingerprint density at radius 3 is 2.85 bits per heavy atom. The van der Waals surface area contributed by atoms with Gasteiger partial charge in [-0.15, -0.1) is 6.58 Å². The van der Waals surface area contributed by atoms with Crippen LogP contribution in [0.2, 0.25) is 0 Å². The van der Waals surface area contributed by atoms with Crippen LogP contribution in [0.4, 0.5) is 0 Å². The van der Waals surface area contributed by atoms with Gasteiger partial charge in [0.2, 0.25) is 0 Å². The zero-order valence-electron chi connectivity index (χ0n) is 15.2. The Balaban J connectivity index is 1.72. The minimum atomic E-state index is -0.869. The normalized spacial score (nSPS) is 11.9. The molecular weight excluding hydrogens is 344 g/mol. The van der Waals surface area contributed by atoms with Crippen LogP contribution in [-0.2, 0) is 13.0 Å². The van der Waals surface area contributed by atoms with Gasteiger partial charge in [0.15, 0.2) is 11.5 Å². The van der Waals surface area contributed by atoms with E-state index in [4.69, 9.17) is 9.47 Å². The topological polar surface area (TPSA) is 73.6 Å². The van der Waals surface area contributed by atoms with Crippen molar-refractivity contribution in [2.75, 3.05) is 13.7 Å². The summed E-state index contributed by atoms with van der Waals surface area (Å²) >= 11 is 0. The lowest BCUT2D eigenvalue weighted by molar-refractivity contribution is 0.0912. The van der Waals surface area contributed by atoms with Crippen LogP contribution < -0.4 is 15.0 Å². The van der Waals surface area contributed by atoms with Crippen molar-refractivity contribution in [2.45, 2.75) is 19.1 Å². The first kappa shape index (κ1) is 18.7. The fraction of sp³-hybridized carbons (Fsp3) is 0.238. The molecule has 6 heteroatoms. The van der Waals surface area contributed by atoms with E-state index in [2.05, 4.69) is 11.6 Å². The molecule has 0 spiro atoms. The van der Waals surface area contributed by atoms with Gasteiger partial charge in [0.05, 0.1) is 30.9 Å². The van der Waals surface area contributed by atoms with E-state index in [0.29, 0.717) is 22.5 Å². The molecule has 1 N–H and O–H groups in total. The number of aromatic nitrogens is 2. The SMILES string of the molecule is C=CCc1ccc(OC[C@@H](O)Cn2c(=O)cnc3ccccc32)c(OC)c1. The molecule has 2 aromatic carbocycles. The van der Waals surface area contributed by atoms with E-state index in [1.54, 1.807) is 19.2 Å². The number of aliphatic hydroxyl groups is 1. The first-order valence-corrected chi connectivity index (χ1v) is 8.65. The number of allylic oxidation sites excluding steroid dienone is 1. The van der Waals surface area contributed by atoms with Gasteiger partial charge in [0, 0.05) is 0 Å². The number of hydrogen-bond donors (Lipinski definition) is 1. The lowest BCUT2D eigenvalue weighted by atomic mass is 10.1. The van der Waals surface area contributed by atoms with Gasteiger partial charge in [-0.2, -0.15) is 0 Å².